The zero-order valence-electron chi connectivity index (χ0n) is 20.5. The van der Waals surface area contributed by atoms with E-state index in [0.717, 1.165) is 22.3 Å². The maximum absolute atomic E-state index is 12.7. The molecule has 0 fully saturated rings. The van der Waals surface area contributed by atoms with Crippen molar-refractivity contribution in [2.45, 2.75) is 51.1 Å². The van der Waals surface area contributed by atoms with Crippen LogP contribution in [0.15, 0.2) is 48.5 Å². The molecule has 0 radical (unpaired) electrons. The van der Waals surface area contributed by atoms with Gasteiger partial charge in [-0.05, 0) is 42.0 Å². The van der Waals surface area contributed by atoms with Gasteiger partial charge in [0.2, 0.25) is 5.91 Å². The van der Waals surface area contributed by atoms with Crippen molar-refractivity contribution in [2.75, 3.05) is 20.3 Å². The van der Waals surface area contributed by atoms with E-state index in [2.05, 4.69) is 22.8 Å². The van der Waals surface area contributed by atoms with Crippen molar-refractivity contribution in [3.63, 3.8) is 0 Å². The second-order valence-corrected chi connectivity index (χ2v) is 9.06. The van der Waals surface area contributed by atoms with E-state index in [-0.39, 0.29) is 31.1 Å². The average molecular weight is 483 g/mol. The molecular weight excluding hydrogens is 448 g/mol. The number of aliphatic carboxylic acids is 1. The first-order chi connectivity index (χ1) is 16.8. The van der Waals surface area contributed by atoms with Crippen LogP contribution >= 0.6 is 0 Å². The fourth-order valence-corrected chi connectivity index (χ4v) is 4.40. The maximum atomic E-state index is 12.7. The molecule has 0 aromatic heterocycles. The van der Waals surface area contributed by atoms with E-state index >= 15 is 0 Å². The van der Waals surface area contributed by atoms with E-state index in [1.165, 1.54) is 7.11 Å². The number of amides is 2. The van der Waals surface area contributed by atoms with Crippen molar-refractivity contribution >= 4 is 18.0 Å². The van der Waals surface area contributed by atoms with E-state index < -0.39 is 24.0 Å². The predicted octanol–water partition coefficient (Wildman–Crippen LogP) is 3.94. The molecule has 2 amide bonds. The molecule has 1 aliphatic carbocycles. The summed E-state index contributed by atoms with van der Waals surface area (Å²) in [6.07, 6.45) is 1.15. The van der Waals surface area contributed by atoms with Gasteiger partial charge in [0.15, 0.2) is 0 Å². The van der Waals surface area contributed by atoms with Gasteiger partial charge in [0, 0.05) is 19.1 Å². The van der Waals surface area contributed by atoms with Crippen LogP contribution in [-0.4, -0.2) is 55.5 Å². The predicted molar refractivity (Wildman–Crippen MR) is 132 cm³/mol. The molecule has 0 spiro atoms. The fourth-order valence-electron chi connectivity index (χ4n) is 4.40. The highest BCUT2D eigenvalue weighted by atomic mass is 16.5. The number of carbonyl (C=O) groups excluding carboxylic acids is 2. The number of ether oxygens (including phenoxy) is 2. The summed E-state index contributed by atoms with van der Waals surface area (Å²) in [4.78, 5) is 36.2. The van der Waals surface area contributed by atoms with E-state index in [0.29, 0.717) is 19.3 Å². The summed E-state index contributed by atoms with van der Waals surface area (Å²) >= 11 is 0. The Labute approximate surface area is 206 Å². The van der Waals surface area contributed by atoms with Crippen LogP contribution in [0.2, 0.25) is 0 Å². The Morgan fingerprint density at radius 2 is 1.54 bits per heavy atom. The lowest BCUT2D eigenvalue weighted by molar-refractivity contribution is -0.141. The van der Waals surface area contributed by atoms with Gasteiger partial charge in [-0.2, -0.15) is 0 Å². The van der Waals surface area contributed by atoms with Crippen molar-refractivity contribution in [1.82, 2.24) is 10.6 Å². The van der Waals surface area contributed by atoms with Gasteiger partial charge >= 0.3 is 12.1 Å². The number of carboxylic acids is 1. The Morgan fingerprint density at radius 1 is 0.943 bits per heavy atom. The van der Waals surface area contributed by atoms with Crippen molar-refractivity contribution < 1.29 is 29.0 Å². The van der Waals surface area contributed by atoms with Crippen molar-refractivity contribution in [3.05, 3.63) is 59.7 Å². The average Bonchev–Trinajstić information content (AvgIpc) is 3.16. The topological polar surface area (TPSA) is 114 Å². The summed E-state index contributed by atoms with van der Waals surface area (Å²) in [6.45, 7) is 3.66. The van der Waals surface area contributed by atoms with Gasteiger partial charge in [-0.1, -0.05) is 61.9 Å². The fraction of sp³-hybridized carbons (Fsp3) is 0.444. The number of rotatable bonds is 12. The number of methoxy groups -OCH3 is 1. The zero-order chi connectivity index (χ0) is 25.4. The number of hydrogen-bond acceptors (Lipinski definition) is 5. The molecule has 3 rings (SSSR count). The van der Waals surface area contributed by atoms with Crippen LogP contribution in [0.5, 0.6) is 0 Å². The van der Waals surface area contributed by atoms with E-state index in [9.17, 15) is 14.4 Å². The molecule has 188 valence electrons. The third kappa shape index (κ3) is 6.82. The van der Waals surface area contributed by atoms with Crippen LogP contribution in [0.3, 0.4) is 0 Å². The number of fused-ring (bicyclic) bond motifs is 3. The first-order valence-electron chi connectivity index (χ1n) is 12.0. The lowest BCUT2D eigenvalue weighted by atomic mass is 9.98. The van der Waals surface area contributed by atoms with Crippen molar-refractivity contribution in [2.24, 2.45) is 5.92 Å². The highest BCUT2D eigenvalue weighted by Crippen LogP contribution is 2.44. The number of hydrogen-bond donors (Lipinski definition) is 3. The molecule has 2 aromatic carbocycles. The quantitative estimate of drug-likeness (QED) is 0.422. The molecule has 3 N–H and O–H groups in total. The number of carbonyl (C=O) groups is 3. The second kappa shape index (κ2) is 12.4. The Balaban J connectivity index is 1.53. The molecule has 2 aromatic rings. The Hall–Kier alpha value is -3.39. The summed E-state index contributed by atoms with van der Waals surface area (Å²) in [5, 5.41) is 14.5. The third-order valence-electron chi connectivity index (χ3n) is 6.37. The summed E-state index contributed by atoms with van der Waals surface area (Å²) in [5.74, 6) is -1.70. The molecule has 3 atom stereocenters. The van der Waals surface area contributed by atoms with Gasteiger partial charge in [0.1, 0.15) is 12.6 Å². The molecule has 0 heterocycles. The van der Waals surface area contributed by atoms with Gasteiger partial charge < -0.3 is 25.2 Å². The summed E-state index contributed by atoms with van der Waals surface area (Å²) in [5.41, 5.74) is 4.50. The number of carboxylic acid groups (broad SMARTS) is 1. The minimum atomic E-state index is -0.906. The normalized spacial score (nSPS) is 14.8. The van der Waals surface area contributed by atoms with Crippen molar-refractivity contribution in [1.29, 1.82) is 0 Å². The molecular formula is C27H34N2O6. The standard InChI is InChI=1S/C27H34N2O6/c1-17(26(31)32)9-8-10-18(2)28-25(30)24(16-34-3)29-27(33)35-15-23-21-13-6-4-11-19(21)20-12-5-7-14-22(20)23/h4-7,11-14,17-18,23-24H,8-10,15-16H2,1-3H3,(H,28,30)(H,29,33)(H,31,32). The van der Waals surface area contributed by atoms with E-state index in [1.807, 2.05) is 43.3 Å². The van der Waals surface area contributed by atoms with Gasteiger partial charge in [-0.15, -0.1) is 0 Å². The first kappa shape index (κ1) is 26.2. The molecule has 0 aliphatic heterocycles. The molecule has 8 heteroatoms. The van der Waals surface area contributed by atoms with Crippen LogP contribution in [0.25, 0.3) is 11.1 Å². The smallest absolute Gasteiger partial charge is 0.407 e. The zero-order valence-corrected chi connectivity index (χ0v) is 20.5. The van der Waals surface area contributed by atoms with Gasteiger partial charge in [0.05, 0.1) is 12.5 Å². The highest BCUT2D eigenvalue weighted by molar-refractivity contribution is 5.86. The number of benzene rings is 2. The molecule has 3 unspecified atom stereocenters. The van der Waals surface area contributed by atoms with Crippen LogP contribution in [0, 0.1) is 5.92 Å². The number of alkyl carbamates (subject to hydrolysis) is 1. The molecule has 0 bridgehead atoms. The van der Waals surface area contributed by atoms with Crippen LogP contribution in [0.1, 0.15) is 50.2 Å². The Kier molecular flexibility index (Phi) is 9.25. The Morgan fingerprint density at radius 3 is 2.11 bits per heavy atom. The summed E-state index contributed by atoms with van der Waals surface area (Å²) in [7, 11) is 1.45. The minimum Gasteiger partial charge on any atom is -0.481 e. The monoisotopic (exact) mass is 482 g/mol. The Bertz CT molecular complexity index is 994. The molecule has 0 saturated carbocycles. The minimum absolute atomic E-state index is 0.00119. The van der Waals surface area contributed by atoms with Crippen molar-refractivity contribution in [3.8, 4) is 11.1 Å². The van der Waals surface area contributed by atoms with Gasteiger partial charge in [-0.3, -0.25) is 9.59 Å². The second-order valence-electron chi connectivity index (χ2n) is 9.06. The first-order valence-corrected chi connectivity index (χ1v) is 12.0. The highest BCUT2D eigenvalue weighted by Gasteiger charge is 2.30. The largest absolute Gasteiger partial charge is 0.481 e. The molecule has 8 nitrogen and oxygen atoms in total. The molecule has 0 saturated heterocycles. The lowest BCUT2D eigenvalue weighted by Gasteiger charge is -2.21. The SMILES string of the molecule is COCC(NC(=O)OCC1c2ccccc2-c2ccccc21)C(=O)NC(C)CCCC(C)C(=O)O. The van der Waals surface area contributed by atoms with E-state index in [1.54, 1.807) is 6.92 Å². The van der Waals surface area contributed by atoms with Crippen LogP contribution in [-0.2, 0) is 19.1 Å². The van der Waals surface area contributed by atoms with Crippen LogP contribution in [0.4, 0.5) is 4.79 Å². The van der Waals surface area contributed by atoms with Crippen LogP contribution < -0.4 is 10.6 Å². The third-order valence-corrected chi connectivity index (χ3v) is 6.37. The van der Waals surface area contributed by atoms with Gasteiger partial charge in [0.25, 0.3) is 0 Å². The summed E-state index contributed by atoms with van der Waals surface area (Å²) < 4.78 is 10.7. The lowest BCUT2D eigenvalue weighted by Crippen LogP contribution is -2.51. The van der Waals surface area contributed by atoms with E-state index in [4.69, 9.17) is 14.6 Å². The number of nitrogens with one attached hydrogen (secondary N) is 2. The molecule has 35 heavy (non-hydrogen) atoms. The summed E-state index contributed by atoms with van der Waals surface area (Å²) in [6, 6.07) is 15.1. The van der Waals surface area contributed by atoms with Gasteiger partial charge in [-0.25, -0.2) is 4.79 Å². The molecule has 1 aliphatic rings. The maximum Gasteiger partial charge on any atom is 0.407 e.